The quantitative estimate of drug-likeness (QED) is 0.368. The van der Waals surface area contributed by atoms with Crippen LogP contribution in [0.1, 0.15) is 13.8 Å². The molecule has 0 aromatic heterocycles. The van der Waals surface area contributed by atoms with Crippen LogP contribution in [0.25, 0.3) is 0 Å². The largest absolute Gasteiger partial charge is 0.356 e. The van der Waals surface area contributed by atoms with Crippen molar-refractivity contribution in [1.82, 2.24) is 5.32 Å². The summed E-state index contributed by atoms with van der Waals surface area (Å²) in [7, 11) is -2.90. The van der Waals surface area contributed by atoms with Crippen LogP contribution in [0, 0.1) is 0 Å². The topological polar surface area (TPSA) is 64.6 Å². The van der Waals surface area contributed by atoms with Gasteiger partial charge in [-0.1, -0.05) is 6.92 Å². The lowest BCUT2D eigenvalue weighted by Gasteiger charge is -2.15. The summed E-state index contributed by atoms with van der Waals surface area (Å²) >= 11 is 0. The van der Waals surface area contributed by atoms with E-state index < -0.39 is 7.60 Å². The highest BCUT2D eigenvalue weighted by Crippen LogP contribution is 2.47. The van der Waals surface area contributed by atoms with Crippen molar-refractivity contribution in [3.8, 4) is 0 Å². The SMILES string of the molecule is CCOP(=O)(CC)OCCNC=O. The molecule has 0 rings (SSSR count). The fraction of sp³-hybridized carbons (Fsp3) is 0.857. The number of carbonyl (C=O) groups is 1. The number of hydrogen-bond acceptors (Lipinski definition) is 4. The van der Waals surface area contributed by atoms with Gasteiger partial charge in [0.15, 0.2) is 0 Å². The zero-order chi connectivity index (χ0) is 10.2. The van der Waals surface area contributed by atoms with E-state index in [1.165, 1.54) is 0 Å². The molecule has 13 heavy (non-hydrogen) atoms. The zero-order valence-electron chi connectivity index (χ0n) is 7.99. The molecule has 0 bridgehead atoms. The van der Waals surface area contributed by atoms with Crippen molar-refractivity contribution in [2.45, 2.75) is 13.8 Å². The summed E-state index contributed by atoms with van der Waals surface area (Å²) in [6, 6.07) is 0. The Bertz CT molecular complexity index is 185. The molecular weight excluding hydrogens is 193 g/mol. The van der Waals surface area contributed by atoms with Crippen LogP contribution >= 0.6 is 7.60 Å². The van der Waals surface area contributed by atoms with E-state index in [0.29, 0.717) is 25.7 Å². The van der Waals surface area contributed by atoms with Gasteiger partial charge in [0.25, 0.3) is 0 Å². The van der Waals surface area contributed by atoms with Gasteiger partial charge in [-0.25, -0.2) is 0 Å². The monoisotopic (exact) mass is 209 g/mol. The van der Waals surface area contributed by atoms with Crippen LogP contribution in [0.5, 0.6) is 0 Å². The van der Waals surface area contributed by atoms with Crippen LogP contribution in [0.15, 0.2) is 0 Å². The molecule has 0 saturated heterocycles. The molecule has 1 amide bonds. The second kappa shape index (κ2) is 7.06. The molecule has 0 aliphatic rings. The lowest BCUT2D eigenvalue weighted by atomic mass is 10.7. The van der Waals surface area contributed by atoms with Gasteiger partial charge in [0, 0.05) is 12.7 Å². The van der Waals surface area contributed by atoms with Crippen LogP contribution < -0.4 is 5.32 Å². The molecule has 0 aromatic rings. The first-order chi connectivity index (χ1) is 6.18. The third-order valence-electron chi connectivity index (χ3n) is 1.33. The molecule has 0 heterocycles. The molecule has 78 valence electrons. The maximum absolute atomic E-state index is 11.6. The Morgan fingerprint density at radius 2 is 2.08 bits per heavy atom. The van der Waals surface area contributed by atoms with Gasteiger partial charge in [-0.3, -0.25) is 9.36 Å². The van der Waals surface area contributed by atoms with Gasteiger partial charge in [0.1, 0.15) is 0 Å². The molecule has 1 unspecified atom stereocenters. The van der Waals surface area contributed by atoms with E-state index in [1.807, 2.05) is 0 Å². The Morgan fingerprint density at radius 1 is 1.38 bits per heavy atom. The van der Waals surface area contributed by atoms with E-state index in [-0.39, 0.29) is 6.61 Å². The van der Waals surface area contributed by atoms with Gasteiger partial charge in [0.05, 0.1) is 13.2 Å². The molecule has 0 aromatic carbocycles. The summed E-state index contributed by atoms with van der Waals surface area (Å²) in [5, 5.41) is 2.40. The number of amides is 1. The fourth-order valence-electron chi connectivity index (χ4n) is 0.719. The highest BCUT2D eigenvalue weighted by atomic mass is 31.2. The van der Waals surface area contributed by atoms with Crippen LogP contribution in [0.4, 0.5) is 0 Å². The smallest absolute Gasteiger partial charge is 0.330 e. The molecule has 5 nitrogen and oxygen atoms in total. The molecule has 1 N–H and O–H groups in total. The van der Waals surface area contributed by atoms with Gasteiger partial charge in [-0.15, -0.1) is 0 Å². The predicted molar refractivity (Wildman–Crippen MR) is 49.8 cm³/mol. The van der Waals surface area contributed by atoms with Gasteiger partial charge >= 0.3 is 7.60 Å². The third-order valence-corrected chi connectivity index (χ3v) is 3.33. The van der Waals surface area contributed by atoms with E-state index in [9.17, 15) is 9.36 Å². The van der Waals surface area contributed by atoms with Crippen molar-refractivity contribution in [3.63, 3.8) is 0 Å². The molecule has 1 atom stereocenters. The van der Waals surface area contributed by atoms with Gasteiger partial charge in [0.2, 0.25) is 6.41 Å². The Labute approximate surface area is 78.3 Å². The summed E-state index contributed by atoms with van der Waals surface area (Å²) in [4.78, 5) is 9.86. The maximum atomic E-state index is 11.6. The molecule has 6 heteroatoms. The summed E-state index contributed by atoms with van der Waals surface area (Å²) in [5.74, 6) is 0. The van der Waals surface area contributed by atoms with E-state index in [4.69, 9.17) is 9.05 Å². The summed E-state index contributed by atoms with van der Waals surface area (Å²) in [6.07, 6.45) is 0.919. The van der Waals surface area contributed by atoms with Gasteiger partial charge in [-0.2, -0.15) is 0 Å². The average molecular weight is 209 g/mol. The highest BCUT2D eigenvalue weighted by Gasteiger charge is 2.20. The van der Waals surface area contributed by atoms with Crippen LogP contribution in [-0.2, 0) is 18.4 Å². The van der Waals surface area contributed by atoms with E-state index in [2.05, 4.69) is 5.32 Å². The minimum absolute atomic E-state index is 0.212. The van der Waals surface area contributed by atoms with Crippen molar-refractivity contribution in [2.24, 2.45) is 0 Å². The van der Waals surface area contributed by atoms with E-state index >= 15 is 0 Å². The Morgan fingerprint density at radius 3 is 2.54 bits per heavy atom. The first-order valence-corrected chi connectivity index (χ1v) is 5.96. The van der Waals surface area contributed by atoms with Crippen LogP contribution in [0.2, 0.25) is 0 Å². The van der Waals surface area contributed by atoms with Crippen LogP contribution in [0.3, 0.4) is 0 Å². The minimum Gasteiger partial charge on any atom is -0.356 e. The van der Waals surface area contributed by atoms with Crippen molar-refractivity contribution in [2.75, 3.05) is 25.9 Å². The summed E-state index contributed by atoms with van der Waals surface area (Å²) in [5.41, 5.74) is 0. The van der Waals surface area contributed by atoms with Gasteiger partial charge < -0.3 is 14.4 Å². The van der Waals surface area contributed by atoms with Crippen LogP contribution in [-0.4, -0.2) is 32.3 Å². The lowest BCUT2D eigenvalue weighted by Crippen LogP contribution is -2.17. The van der Waals surface area contributed by atoms with E-state index in [1.54, 1.807) is 13.8 Å². The zero-order valence-corrected chi connectivity index (χ0v) is 8.88. The second-order valence-corrected chi connectivity index (χ2v) is 4.62. The number of hydrogen-bond donors (Lipinski definition) is 1. The fourth-order valence-corrected chi connectivity index (χ4v) is 1.92. The highest BCUT2D eigenvalue weighted by molar-refractivity contribution is 7.53. The Hall–Kier alpha value is -0.380. The van der Waals surface area contributed by atoms with Crippen molar-refractivity contribution >= 4 is 14.0 Å². The van der Waals surface area contributed by atoms with Crippen molar-refractivity contribution < 1.29 is 18.4 Å². The Balaban J connectivity index is 3.70. The molecule has 0 saturated carbocycles. The van der Waals surface area contributed by atoms with Crippen molar-refractivity contribution in [3.05, 3.63) is 0 Å². The van der Waals surface area contributed by atoms with Crippen molar-refractivity contribution in [1.29, 1.82) is 0 Å². The lowest BCUT2D eigenvalue weighted by molar-refractivity contribution is -0.109. The standard InChI is InChI=1S/C7H16NO4P/c1-3-11-13(10,4-2)12-6-5-8-7-9/h7H,3-6H2,1-2H3,(H,8,9). The van der Waals surface area contributed by atoms with Gasteiger partial charge in [-0.05, 0) is 6.92 Å². The number of rotatable bonds is 8. The Kier molecular flexibility index (Phi) is 6.86. The molecule has 0 aliphatic heterocycles. The summed E-state index contributed by atoms with van der Waals surface area (Å²) < 4.78 is 21.6. The minimum atomic E-state index is -2.90. The third kappa shape index (κ3) is 5.80. The summed E-state index contributed by atoms with van der Waals surface area (Å²) in [6.45, 7) is 4.43. The average Bonchev–Trinajstić information content (AvgIpc) is 2.13. The first-order valence-electron chi connectivity index (χ1n) is 4.23. The number of carbonyl (C=O) groups excluding carboxylic acids is 1. The molecule has 0 radical (unpaired) electrons. The van der Waals surface area contributed by atoms with E-state index in [0.717, 1.165) is 0 Å². The molecule has 0 aliphatic carbocycles. The predicted octanol–water partition coefficient (Wildman–Crippen LogP) is 0.998. The first kappa shape index (κ1) is 12.6. The molecular formula is C7H16NO4P. The molecule has 0 fully saturated rings. The second-order valence-electron chi connectivity index (χ2n) is 2.25. The maximum Gasteiger partial charge on any atom is 0.330 e. The molecule has 0 spiro atoms. The number of nitrogens with one attached hydrogen (secondary N) is 1. The normalized spacial score (nSPS) is 14.9.